The van der Waals surface area contributed by atoms with Crippen LogP contribution in [-0.4, -0.2) is 45.6 Å². The lowest BCUT2D eigenvalue weighted by Gasteiger charge is -2.26. The fourth-order valence-corrected chi connectivity index (χ4v) is 3.24. The average molecular weight is 331 g/mol. The molecule has 0 aromatic carbocycles. The summed E-state index contributed by atoms with van der Waals surface area (Å²) in [5, 5.41) is 4.08. The first-order valence-electron chi connectivity index (χ1n) is 7.57. The second-order valence-corrected chi connectivity index (χ2v) is 7.43. The van der Waals surface area contributed by atoms with Crippen LogP contribution in [-0.2, 0) is 16.7 Å². The van der Waals surface area contributed by atoms with Gasteiger partial charge in [-0.05, 0) is 39.2 Å². The molecule has 1 aromatic heterocycles. The van der Waals surface area contributed by atoms with Crippen LogP contribution in [0, 0.1) is 5.92 Å². The molecule has 2 aliphatic rings. The van der Waals surface area contributed by atoms with E-state index in [1.807, 2.05) is 0 Å². The molecule has 1 aliphatic heterocycles. The van der Waals surface area contributed by atoms with Crippen molar-refractivity contribution in [2.24, 2.45) is 5.92 Å². The van der Waals surface area contributed by atoms with E-state index in [2.05, 4.69) is 5.10 Å². The number of ether oxygens (including phenoxy) is 1. The quantitative estimate of drug-likeness (QED) is 0.837. The first-order chi connectivity index (χ1) is 10.5. The molecule has 0 radical (unpaired) electrons. The van der Waals surface area contributed by atoms with Crippen molar-refractivity contribution in [3.05, 3.63) is 18.0 Å². The minimum absolute atomic E-state index is 0.254. The predicted octanol–water partition coefficient (Wildman–Crippen LogP) is 2.95. The third-order valence-electron chi connectivity index (χ3n) is 4.29. The van der Waals surface area contributed by atoms with Gasteiger partial charge in [0.1, 0.15) is 12.1 Å². The maximum absolute atomic E-state index is 12.4. The average Bonchev–Trinajstić information content (AvgIpc) is 2.74. The van der Waals surface area contributed by atoms with Crippen LogP contribution in [0.15, 0.2) is 12.3 Å². The van der Waals surface area contributed by atoms with Crippen LogP contribution in [0.25, 0.3) is 0 Å². The first kappa shape index (κ1) is 16.1. The van der Waals surface area contributed by atoms with Gasteiger partial charge in [0.2, 0.25) is 0 Å². The zero-order valence-electron chi connectivity index (χ0n) is 13.4. The summed E-state index contributed by atoms with van der Waals surface area (Å²) in [7, 11) is 0. The molecule has 1 saturated heterocycles. The second kappa shape index (κ2) is 4.88. The molecule has 3 rings (SSSR count). The van der Waals surface area contributed by atoms with E-state index in [-0.39, 0.29) is 17.4 Å². The van der Waals surface area contributed by atoms with Gasteiger partial charge in [-0.2, -0.15) is 18.3 Å². The molecule has 0 bridgehead atoms. The SMILES string of the molecule is CC(C)(C)OC(=O)N1CC2CC2(c2ccn(CC(F)(F)F)n2)C1. The number of hydrogen-bond acceptors (Lipinski definition) is 3. The van der Waals surface area contributed by atoms with Gasteiger partial charge in [0.15, 0.2) is 0 Å². The smallest absolute Gasteiger partial charge is 0.410 e. The lowest BCUT2D eigenvalue weighted by atomic mass is 10.0. The summed E-state index contributed by atoms with van der Waals surface area (Å²) in [6, 6.07) is 1.63. The molecule has 1 aromatic rings. The van der Waals surface area contributed by atoms with Crippen molar-refractivity contribution in [2.75, 3.05) is 13.1 Å². The fourth-order valence-electron chi connectivity index (χ4n) is 3.24. The van der Waals surface area contributed by atoms with E-state index in [1.165, 1.54) is 6.20 Å². The summed E-state index contributed by atoms with van der Waals surface area (Å²) >= 11 is 0. The zero-order chi connectivity index (χ0) is 17.0. The molecular weight excluding hydrogens is 311 g/mol. The molecule has 5 nitrogen and oxygen atoms in total. The lowest BCUT2D eigenvalue weighted by molar-refractivity contribution is -0.142. The largest absolute Gasteiger partial charge is 0.444 e. The number of fused-ring (bicyclic) bond motifs is 1. The molecule has 1 aliphatic carbocycles. The van der Waals surface area contributed by atoms with E-state index < -0.39 is 18.3 Å². The van der Waals surface area contributed by atoms with E-state index in [0.29, 0.717) is 18.8 Å². The minimum atomic E-state index is -4.29. The molecule has 0 N–H and O–H groups in total. The van der Waals surface area contributed by atoms with Crippen LogP contribution >= 0.6 is 0 Å². The van der Waals surface area contributed by atoms with Gasteiger partial charge in [0.05, 0.1) is 5.69 Å². The minimum Gasteiger partial charge on any atom is -0.444 e. The van der Waals surface area contributed by atoms with Gasteiger partial charge in [0.25, 0.3) is 0 Å². The Morgan fingerprint density at radius 1 is 1.43 bits per heavy atom. The van der Waals surface area contributed by atoms with Gasteiger partial charge in [-0.25, -0.2) is 4.79 Å². The summed E-state index contributed by atoms with van der Waals surface area (Å²) in [4.78, 5) is 13.7. The van der Waals surface area contributed by atoms with Crippen molar-refractivity contribution < 1.29 is 22.7 Å². The van der Waals surface area contributed by atoms with Crippen LogP contribution in [0.2, 0.25) is 0 Å². The zero-order valence-corrected chi connectivity index (χ0v) is 13.4. The van der Waals surface area contributed by atoms with Crippen LogP contribution in [0.1, 0.15) is 32.9 Å². The van der Waals surface area contributed by atoms with Gasteiger partial charge in [-0.15, -0.1) is 0 Å². The Hall–Kier alpha value is -1.73. The van der Waals surface area contributed by atoms with Gasteiger partial charge in [-0.3, -0.25) is 4.68 Å². The number of rotatable bonds is 2. The highest BCUT2D eigenvalue weighted by atomic mass is 19.4. The van der Waals surface area contributed by atoms with E-state index >= 15 is 0 Å². The molecule has 2 heterocycles. The van der Waals surface area contributed by atoms with Crippen molar-refractivity contribution in [2.45, 2.75) is 50.9 Å². The summed E-state index contributed by atoms with van der Waals surface area (Å²) in [5.41, 5.74) is -0.225. The number of aromatic nitrogens is 2. The number of amides is 1. The molecule has 2 fully saturated rings. The monoisotopic (exact) mass is 331 g/mol. The van der Waals surface area contributed by atoms with Gasteiger partial charge in [-0.1, -0.05) is 0 Å². The highest BCUT2D eigenvalue weighted by Gasteiger charge is 2.63. The number of nitrogens with zero attached hydrogens (tertiary/aromatic N) is 3. The van der Waals surface area contributed by atoms with Crippen LogP contribution in [0.3, 0.4) is 0 Å². The van der Waals surface area contributed by atoms with Crippen LogP contribution < -0.4 is 0 Å². The Labute approximate surface area is 132 Å². The molecule has 8 heteroatoms. The Morgan fingerprint density at radius 3 is 2.74 bits per heavy atom. The third-order valence-corrected chi connectivity index (χ3v) is 4.29. The topological polar surface area (TPSA) is 47.4 Å². The Bertz CT molecular complexity index is 620. The van der Waals surface area contributed by atoms with E-state index in [0.717, 1.165) is 11.1 Å². The lowest BCUT2D eigenvalue weighted by Crippen LogP contribution is -2.37. The number of hydrogen-bond donors (Lipinski definition) is 0. The summed E-state index contributed by atoms with van der Waals surface area (Å²) in [5.74, 6) is 0.254. The molecule has 2 atom stereocenters. The number of likely N-dealkylation sites (tertiary alicyclic amines) is 1. The van der Waals surface area contributed by atoms with Crippen molar-refractivity contribution in [3.63, 3.8) is 0 Å². The third kappa shape index (κ3) is 3.30. The normalized spacial score (nSPS) is 27.0. The Kier molecular flexibility index (Phi) is 3.42. The summed E-state index contributed by atoms with van der Waals surface area (Å²) in [6.07, 6.45) is -2.46. The highest BCUT2D eigenvalue weighted by Crippen LogP contribution is 2.58. The van der Waals surface area contributed by atoms with Gasteiger partial charge in [0, 0.05) is 24.7 Å². The van der Waals surface area contributed by atoms with Crippen LogP contribution in [0.4, 0.5) is 18.0 Å². The Balaban J connectivity index is 1.68. The molecule has 128 valence electrons. The number of carbonyl (C=O) groups is 1. The highest BCUT2D eigenvalue weighted by molar-refractivity contribution is 5.69. The fraction of sp³-hybridized carbons (Fsp3) is 0.733. The van der Waals surface area contributed by atoms with E-state index in [4.69, 9.17) is 4.74 Å². The van der Waals surface area contributed by atoms with E-state index in [1.54, 1.807) is 31.7 Å². The standard InChI is InChI=1S/C15H20F3N3O2/c1-13(2,3)23-12(22)20-7-10-6-14(10,8-20)11-4-5-21(19-11)9-15(16,17)18/h4-5,10H,6-9H2,1-3H3. The van der Waals surface area contributed by atoms with Crippen LogP contribution in [0.5, 0.6) is 0 Å². The van der Waals surface area contributed by atoms with Crippen molar-refractivity contribution in [3.8, 4) is 0 Å². The van der Waals surface area contributed by atoms with Crippen molar-refractivity contribution in [1.29, 1.82) is 0 Å². The maximum Gasteiger partial charge on any atom is 0.410 e. The number of carbonyl (C=O) groups excluding carboxylic acids is 1. The maximum atomic E-state index is 12.4. The summed E-state index contributed by atoms with van der Waals surface area (Å²) in [6.45, 7) is 5.34. The first-order valence-corrected chi connectivity index (χ1v) is 7.57. The molecule has 0 spiro atoms. The van der Waals surface area contributed by atoms with Crippen molar-refractivity contribution >= 4 is 6.09 Å². The number of piperidine rings is 1. The van der Waals surface area contributed by atoms with Gasteiger partial charge >= 0.3 is 12.3 Å². The second-order valence-electron chi connectivity index (χ2n) is 7.43. The molecule has 2 unspecified atom stereocenters. The van der Waals surface area contributed by atoms with E-state index in [9.17, 15) is 18.0 Å². The molecule has 1 saturated carbocycles. The van der Waals surface area contributed by atoms with Gasteiger partial charge < -0.3 is 9.64 Å². The molecule has 1 amide bonds. The molecular formula is C15H20F3N3O2. The van der Waals surface area contributed by atoms with Crippen molar-refractivity contribution in [1.82, 2.24) is 14.7 Å². The summed E-state index contributed by atoms with van der Waals surface area (Å²) < 4.78 is 43.6. The number of alkyl halides is 3. The number of halogens is 3. The predicted molar refractivity (Wildman–Crippen MR) is 75.9 cm³/mol. The molecule has 23 heavy (non-hydrogen) atoms. The Morgan fingerprint density at radius 2 is 2.13 bits per heavy atom.